The molecule has 1 aliphatic heterocycles. The van der Waals surface area contributed by atoms with E-state index >= 15 is 0 Å². The highest BCUT2D eigenvalue weighted by atomic mass is 19.1. The van der Waals surface area contributed by atoms with Crippen molar-refractivity contribution in [2.75, 3.05) is 23.9 Å². The summed E-state index contributed by atoms with van der Waals surface area (Å²) in [6.45, 7) is 4.80. The Hall–Kier alpha value is -4.02. The number of pyridine rings is 1. The number of aromatic nitrogens is 6. The van der Waals surface area contributed by atoms with Crippen LogP contribution >= 0.6 is 0 Å². The molecule has 0 unspecified atom stereocenters. The molecular weight excluding hydrogens is 439 g/mol. The summed E-state index contributed by atoms with van der Waals surface area (Å²) in [4.78, 5) is 23.5. The molecule has 5 heterocycles. The van der Waals surface area contributed by atoms with Crippen LogP contribution in [0.25, 0.3) is 5.65 Å². The number of nitrogens with zero attached hydrogens (tertiary/aromatic N) is 7. The van der Waals surface area contributed by atoms with Gasteiger partial charge >= 0.3 is 0 Å². The van der Waals surface area contributed by atoms with E-state index in [2.05, 4.69) is 30.4 Å². The second kappa shape index (κ2) is 8.73. The Morgan fingerprint density at radius 3 is 2.91 bits per heavy atom. The van der Waals surface area contributed by atoms with E-state index in [1.54, 1.807) is 23.0 Å². The molecule has 0 aromatic carbocycles. The average molecular weight is 465 g/mol. The second-order valence-electron chi connectivity index (χ2n) is 8.43. The lowest BCUT2D eigenvalue weighted by atomic mass is 10.1. The number of ether oxygens (including phenoxy) is 1. The molecule has 1 fully saturated rings. The van der Waals surface area contributed by atoms with Gasteiger partial charge < -0.3 is 15.0 Å². The second-order valence-corrected chi connectivity index (χ2v) is 8.43. The summed E-state index contributed by atoms with van der Waals surface area (Å²) in [5, 5.41) is 11.7. The summed E-state index contributed by atoms with van der Waals surface area (Å²) in [5.74, 6) is 0.900. The third-order valence-electron chi connectivity index (χ3n) is 5.92. The highest BCUT2D eigenvalue weighted by Crippen LogP contribution is 2.40. The molecule has 0 radical (unpaired) electrons. The lowest BCUT2D eigenvalue weighted by molar-refractivity contribution is 0.102. The van der Waals surface area contributed by atoms with Crippen LogP contribution in [0.15, 0.2) is 43.0 Å². The fraction of sp³-hybridized carbons (Fsp3) is 0.348. The van der Waals surface area contributed by atoms with Gasteiger partial charge in [-0.15, -0.1) is 0 Å². The minimum Gasteiger partial charge on any atom is -0.481 e. The van der Waals surface area contributed by atoms with Gasteiger partial charge in [-0.2, -0.15) is 10.2 Å². The Bertz CT molecular complexity index is 1350. The number of nitrogens with one attached hydrogen (secondary N) is 1. The largest absolute Gasteiger partial charge is 0.481 e. The topological polar surface area (TPSA) is 102 Å². The maximum atomic E-state index is 14.1. The number of rotatable bonds is 6. The van der Waals surface area contributed by atoms with Crippen molar-refractivity contribution in [2.45, 2.75) is 38.8 Å². The summed E-state index contributed by atoms with van der Waals surface area (Å²) in [6, 6.07) is 4.97. The van der Waals surface area contributed by atoms with E-state index in [9.17, 15) is 9.18 Å². The van der Waals surface area contributed by atoms with Gasteiger partial charge in [-0.3, -0.25) is 4.79 Å². The van der Waals surface area contributed by atoms with Gasteiger partial charge in [-0.25, -0.2) is 23.6 Å². The smallest absolute Gasteiger partial charge is 0.262 e. The van der Waals surface area contributed by atoms with Gasteiger partial charge in [0, 0.05) is 36.6 Å². The Kier molecular flexibility index (Phi) is 5.60. The molecule has 1 aliphatic rings. The van der Waals surface area contributed by atoms with E-state index in [0.717, 1.165) is 31.4 Å². The molecule has 11 heteroatoms. The number of carbonyl (C=O) groups excluding carboxylic acids is 1. The summed E-state index contributed by atoms with van der Waals surface area (Å²) in [7, 11) is 1.53. The van der Waals surface area contributed by atoms with Crippen LogP contribution < -0.4 is 15.0 Å². The zero-order valence-electron chi connectivity index (χ0n) is 19.1. The molecule has 4 aromatic heterocycles. The number of fused-ring (bicyclic) bond motifs is 1. The van der Waals surface area contributed by atoms with Crippen molar-refractivity contribution in [3.05, 3.63) is 59.9 Å². The first kappa shape index (κ1) is 21.8. The third-order valence-corrected chi connectivity index (χ3v) is 5.92. The molecule has 1 atom stereocenters. The van der Waals surface area contributed by atoms with E-state index in [1.807, 2.05) is 24.6 Å². The standard InChI is InChI=1S/C23H25FN8O2/c1-14(2)32-20(30-8-4-6-18(30)16-10-15(24)12-26-23(16)34-3)11-19(29-32)28-22(33)17-13-27-31-9-5-7-25-21(17)31/h5,7,9-14,18H,4,6,8H2,1-3H3,(H,28,29,33)/t18-/m1/s1. The van der Waals surface area contributed by atoms with Crippen molar-refractivity contribution in [1.29, 1.82) is 0 Å². The molecule has 0 saturated carbocycles. The van der Waals surface area contributed by atoms with Crippen LogP contribution in [0, 0.1) is 5.82 Å². The Morgan fingerprint density at radius 2 is 2.12 bits per heavy atom. The van der Waals surface area contributed by atoms with Gasteiger partial charge in [-0.05, 0) is 38.8 Å². The van der Waals surface area contributed by atoms with Crippen LogP contribution in [0.3, 0.4) is 0 Å². The lowest BCUT2D eigenvalue weighted by Gasteiger charge is -2.28. The van der Waals surface area contributed by atoms with Crippen molar-refractivity contribution in [1.82, 2.24) is 29.4 Å². The predicted molar refractivity (Wildman–Crippen MR) is 124 cm³/mol. The molecule has 4 aromatic rings. The molecule has 1 N–H and O–H groups in total. The van der Waals surface area contributed by atoms with Crippen LogP contribution in [-0.2, 0) is 0 Å². The van der Waals surface area contributed by atoms with Crippen molar-refractivity contribution in [3.63, 3.8) is 0 Å². The van der Waals surface area contributed by atoms with E-state index in [-0.39, 0.29) is 18.0 Å². The average Bonchev–Trinajstić information content (AvgIpc) is 3.56. The first-order valence-electron chi connectivity index (χ1n) is 11.1. The molecule has 34 heavy (non-hydrogen) atoms. The highest BCUT2D eigenvalue weighted by Gasteiger charge is 2.32. The van der Waals surface area contributed by atoms with Crippen LogP contribution in [0.2, 0.25) is 0 Å². The third kappa shape index (κ3) is 3.82. The minimum atomic E-state index is -0.407. The van der Waals surface area contributed by atoms with Crippen LogP contribution in [0.4, 0.5) is 16.0 Å². The molecule has 1 amide bonds. The fourth-order valence-electron chi connectivity index (χ4n) is 4.43. The molecular formula is C23H25FN8O2. The van der Waals surface area contributed by atoms with Crippen molar-refractivity contribution in [2.24, 2.45) is 0 Å². The van der Waals surface area contributed by atoms with Crippen molar-refractivity contribution < 1.29 is 13.9 Å². The van der Waals surface area contributed by atoms with Crippen molar-refractivity contribution in [3.8, 4) is 5.88 Å². The number of hydrogen-bond donors (Lipinski definition) is 1. The highest BCUT2D eigenvalue weighted by molar-refractivity contribution is 6.07. The Labute approximate surface area is 195 Å². The molecule has 0 aliphatic carbocycles. The summed E-state index contributed by atoms with van der Waals surface area (Å²) >= 11 is 0. The Morgan fingerprint density at radius 1 is 1.26 bits per heavy atom. The van der Waals surface area contributed by atoms with E-state index in [4.69, 9.17) is 4.74 Å². The molecule has 10 nitrogen and oxygen atoms in total. The maximum Gasteiger partial charge on any atom is 0.262 e. The minimum absolute atomic E-state index is 0.0353. The lowest BCUT2D eigenvalue weighted by Crippen LogP contribution is -2.26. The van der Waals surface area contributed by atoms with Gasteiger partial charge in [0.15, 0.2) is 11.5 Å². The number of carbonyl (C=O) groups is 1. The summed E-state index contributed by atoms with van der Waals surface area (Å²) < 4.78 is 22.9. The SMILES string of the molecule is COc1ncc(F)cc1[C@H]1CCCN1c1cc(NC(=O)c2cnn3cccnc23)nn1C(C)C. The van der Waals surface area contributed by atoms with E-state index < -0.39 is 5.82 Å². The number of methoxy groups -OCH3 is 1. The van der Waals surface area contributed by atoms with Crippen LogP contribution in [-0.4, -0.2) is 48.9 Å². The maximum absolute atomic E-state index is 14.1. The van der Waals surface area contributed by atoms with Crippen molar-refractivity contribution >= 4 is 23.2 Å². The van der Waals surface area contributed by atoms with Gasteiger partial charge in [0.2, 0.25) is 5.88 Å². The monoisotopic (exact) mass is 464 g/mol. The summed E-state index contributed by atoms with van der Waals surface area (Å²) in [6.07, 6.45) is 7.72. The van der Waals surface area contributed by atoms with Gasteiger partial charge in [0.05, 0.1) is 25.5 Å². The molecule has 5 rings (SSSR count). The zero-order valence-corrected chi connectivity index (χ0v) is 19.1. The fourth-order valence-corrected chi connectivity index (χ4v) is 4.43. The van der Waals surface area contributed by atoms with E-state index in [0.29, 0.717) is 28.5 Å². The van der Waals surface area contributed by atoms with Gasteiger partial charge in [0.25, 0.3) is 5.91 Å². The van der Waals surface area contributed by atoms with Crippen LogP contribution in [0.5, 0.6) is 5.88 Å². The number of halogens is 1. The Balaban J connectivity index is 1.47. The van der Waals surface area contributed by atoms with Gasteiger partial charge in [0.1, 0.15) is 17.2 Å². The molecule has 0 bridgehead atoms. The number of amides is 1. The van der Waals surface area contributed by atoms with E-state index in [1.165, 1.54) is 19.4 Å². The summed E-state index contributed by atoms with van der Waals surface area (Å²) in [5.41, 5.74) is 1.52. The normalized spacial score (nSPS) is 15.9. The predicted octanol–water partition coefficient (Wildman–Crippen LogP) is 3.64. The first-order valence-corrected chi connectivity index (χ1v) is 11.1. The quantitative estimate of drug-likeness (QED) is 0.465. The van der Waals surface area contributed by atoms with Gasteiger partial charge in [-0.1, -0.05) is 0 Å². The number of hydrogen-bond acceptors (Lipinski definition) is 7. The first-order chi connectivity index (χ1) is 16.5. The molecule has 0 spiro atoms. The molecule has 176 valence electrons. The van der Waals surface area contributed by atoms with Crippen LogP contribution in [0.1, 0.15) is 54.7 Å². The molecule has 1 saturated heterocycles. The number of anilines is 2. The zero-order chi connectivity index (χ0) is 23.8.